The first-order valence-corrected chi connectivity index (χ1v) is 22.2. The number of aliphatic carboxylic acids is 3. The van der Waals surface area contributed by atoms with Crippen LogP contribution in [0.15, 0.2) is 60.7 Å². The van der Waals surface area contributed by atoms with Gasteiger partial charge in [0.1, 0.15) is 24.2 Å². The van der Waals surface area contributed by atoms with Gasteiger partial charge in [0.25, 0.3) is 0 Å². The molecule has 0 radical (unpaired) electrons. The van der Waals surface area contributed by atoms with E-state index in [2.05, 4.69) is 42.1 Å². The molecule has 20 heteroatoms. The molecule has 2 rings (SSSR count). The zero-order valence-electron chi connectivity index (χ0n) is 37.2. The van der Waals surface area contributed by atoms with Gasteiger partial charge in [-0.05, 0) is 62.5 Å². The van der Waals surface area contributed by atoms with Crippen LogP contribution in [-0.4, -0.2) is 119 Å². The number of carboxylic acid groups (broad SMARTS) is 3. The highest BCUT2D eigenvalue weighted by Gasteiger charge is 2.28. The van der Waals surface area contributed by atoms with Crippen LogP contribution in [0.5, 0.6) is 0 Å². The minimum atomic E-state index is -1.51. The maximum Gasteiger partial charge on any atom is 0.326 e. The largest absolute Gasteiger partial charge is 0.481 e. The van der Waals surface area contributed by atoms with E-state index in [0.717, 1.165) is 11.1 Å². The number of unbranched alkanes of at least 4 members (excludes halogenated alkanes) is 5. The van der Waals surface area contributed by atoms with Crippen LogP contribution in [0.4, 0.5) is 4.79 Å². The lowest BCUT2D eigenvalue weighted by Crippen LogP contribution is -2.55. The van der Waals surface area contributed by atoms with Crippen LogP contribution in [0.2, 0.25) is 0 Å². The van der Waals surface area contributed by atoms with Gasteiger partial charge in [-0.1, -0.05) is 73.5 Å². The van der Waals surface area contributed by atoms with Gasteiger partial charge in [-0.25, -0.2) is 21.0 Å². The Balaban J connectivity index is 1.82. The quantitative estimate of drug-likeness (QED) is 0.0358. The number of carbonyl (C=O) groups is 9. The van der Waals surface area contributed by atoms with Crippen LogP contribution < -0.4 is 37.2 Å². The Morgan fingerprint density at radius 2 is 0.939 bits per heavy atom. The minimum absolute atomic E-state index is 0.00323. The van der Waals surface area contributed by atoms with E-state index >= 15 is 0 Å². The summed E-state index contributed by atoms with van der Waals surface area (Å²) in [6.45, 7) is 7.90. The van der Waals surface area contributed by atoms with Gasteiger partial charge in [-0.3, -0.25) is 28.8 Å². The molecule has 4 atom stereocenters. The molecule has 0 bridgehead atoms. The average Bonchev–Trinajstić information content (AvgIpc) is 3.28. The SMILES string of the molecule is [C-]#[N+]CCC(=O)NCCCCCC(=O)NC(Cc1ccccc1)C(=O)N[C@H](Cc1ccccc1)C(=O)NCCCCCC(=O)NCCCCC(NC(=O)N[C@@H](CCC(=O)O)C(=O)O)C(=O)O. The molecule has 0 spiro atoms. The molecule has 0 aliphatic rings. The maximum atomic E-state index is 13.8. The van der Waals surface area contributed by atoms with Crippen LogP contribution in [-0.2, 0) is 51.2 Å². The van der Waals surface area contributed by atoms with E-state index in [0.29, 0.717) is 57.9 Å². The van der Waals surface area contributed by atoms with Crippen LogP contribution in [0.1, 0.15) is 101 Å². The Hall–Kier alpha value is -7.04. The number of hydrogen-bond donors (Lipinski definition) is 10. The second-order valence-electron chi connectivity index (χ2n) is 15.6. The van der Waals surface area contributed by atoms with Crippen molar-refractivity contribution < 1.29 is 58.5 Å². The van der Waals surface area contributed by atoms with E-state index in [1.807, 2.05) is 60.7 Å². The lowest BCUT2D eigenvalue weighted by atomic mass is 10.0. The van der Waals surface area contributed by atoms with Gasteiger partial charge in [0, 0.05) is 51.7 Å². The van der Waals surface area contributed by atoms with Crippen molar-refractivity contribution >= 4 is 53.5 Å². The number of rotatable bonds is 34. The number of carbonyl (C=O) groups excluding carboxylic acids is 6. The third kappa shape index (κ3) is 25.3. The third-order valence-electron chi connectivity index (χ3n) is 10.2. The number of nitrogens with zero attached hydrogens (tertiary/aromatic N) is 1. The van der Waals surface area contributed by atoms with E-state index in [4.69, 9.17) is 11.7 Å². The summed E-state index contributed by atoms with van der Waals surface area (Å²) < 4.78 is 0. The molecule has 7 amide bonds. The number of amides is 7. The zero-order chi connectivity index (χ0) is 48.5. The molecule has 0 fully saturated rings. The molecule has 2 unspecified atom stereocenters. The molecular weight excluding hydrogens is 857 g/mol. The van der Waals surface area contributed by atoms with Crippen LogP contribution in [0, 0.1) is 6.57 Å². The molecule has 0 saturated carbocycles. The number of benzene rings is 2. The third-order valence-corrected chi connectivity index (χ3v) is 10.2. The van der Waals surface area contributed by atoms with Gasteiger partial charge in [-0.15, -0.1) is 0 Å². The molecule has 66 heavy (non-hydrogen) atoms. The van der Waals surface area contributed by atoms with Crippen LogP contribution in [0.25, 0.3) is 4.85 Å². The Labute approximate surface area is 384 Å². The van der Waals surface area contributed by atoms with Crippen molar-refractivity contribution in [3.63, 3.8) is 0 Å². The summed E-state index contributed by atoms with van der Waals surface area (Å²) in [7, 11) is 0. The summed E-state index contributed by atoms with van der Waals surface area (Å²) in [5.74, 6) is -5.70. The topological polar surface area (TPSA) is 303 Å². The minimum Gasteiger partial charge on any atom is -0.481 e. The van der Waals surface area contributed by atoms with Gasteiger partial charge in [-0.2, -0.15) is 0 Å². The highest BCUT2D eigenvalue weighted by Crippen LogP contribution is 2.10. The molecule has 10 N–H and O–H groups in total. The van der Waals surface area contributed by atoms with E-state index < -0.39 is 66.3 Å². The lowest BCUT2D eigenvalue weighted by molar-refractivity contribution is -0.141. The van der Waals surface area contributed by atoms with Gasteiger partial charge in [0.15, 0.2) is 0 Å². The first-order valence-electron chi connectivity index (χ1n) is 22.2. The molecule has 0 aliphatic heterocycles. The zero-order valence-corrected chi connectivity index (χ0v) is 37.2. The fraction of sp³-hybridized carbons (Fsp3) is 0.522. The standard InChI is InChI=1S/C46H64N8O12/c1-47-29-25-39(56)49-26-13-5-11-22-40(57)51-37(31-33-18-8-3-9-19-33)43(61)52-36(30-32-16-6-2-7-17-32)42(60)50-28-14-4-10-21-38(55)48-27-15-12-20-34(44(62)63)53-46(66)54-35(45(64)65)23-24-41(58)59/h2-3,6-9,16-19,34-37H,4-5,10-15,20-31H2,(H,48,55)(H,49,56)(H,50,60)(H,51,57)(H,52,61)(H,58,59)(H,62,63)(H,64,65)(H2,53,54,66)/t34?,35-,36+,37?/m0/s1. The van der Waals surface area contributed by atoms with Gasteiger partial charge in [0.2, 0.25) is 36.1 Å². The Kier molecular flexibility index (Phi) is 27.2. The summed E-state index contributed by atoms with van der Waals surface area (Å²) in [4.78, 5) is 114. The first-order chi connectivity index (χ1) is 31.7. The highest BCUT2D eigenvalue weighted by atomic mass is 16.4. The summed E-state index contributed by atoms with van der Waals surface area (Å²) in [5.41, 5.74) is 1.64. The number of carboxylic acids is 3. The van der Waals surface area contributed by atoms with Crippen molar-refractivity contribution in [1.82, 2.24) is 37.2 Å². The molecule has 2 aromatic rings. The second kappa shape index (κ2) is 32.6. The van der Waals surface area contributed by atoms with Crippen molar-refractivity contribution in [2.24, 2.45) is 0 Å². The maximum absolute atomic E-state index is 13.8. The van der Waals surface area contributed by atoms with E-state index in [1.165, 1.54) is 0 Å². The summed E-state index contributed by atoms with van der Waals surface area (Å²) in [6, 6.07) is 12.6. The van der Waals surface area contributed by atoms with Crippen molar-refractivity contribution in [3.05, 3.63) is 83.2 Å². The smallest absolute Gasteiger partial charge is 0.326 e. The average molecular weight is 921 g/mol. The van der Waals surface area contributed by atoms with Crippen molar-refractivity contribution in [2.75, 3.05) is 26.2 Å². The van der Waals surface area contributed by atoms with Crippen molar-refractivity contribution in [3.8, 4) is 0 Å². The second-order valence-corrected chi connectivity index (χ2v) is 15.6. The van der Waals surface area contributed by atoms with Gasteiger partial charge >= 0.3 is 23.9 Å². The lowest BCUT2D eigenvalue weighted by Gasteiger charge is -2.24. The molecular formula is C46H64N8O12. The normalized spacial score (nSPS) is 12.4. The van der Waals surface area contributed by atoms with E-state index in [1.54, 1.807) is 0 Å². The summed E-state index contributed by atoms with van der Waals surface area (Å²) in [6.07, 6.45) is 4.30. The number of nitrogens with one attached hydrogen (secondary N) is 7. The predicted octanol–water partition coefficient (Wildman–Crippen LogP) is 2.46. The first kappa shape index (κ1) is 55.1. The fourth-order valence-corrected chi connectivity index (χ4v) is 6.57. The molecule has 0 heterocycles. The van der Waals surface area contributed by atoms with Crippen LogP contribution >= 0.6 is 0 Å². The summed E-state index contributed by atoms with van der Waals surface area (Å²) in [5, 5.41) is 45.8. The summed E-state index contributed by atoms with van der Waals surface area (Å²) >= 11 is 0. The molecule has 0 aromatic heterocycles. The van der Waals surface area contributed by atoms with E-state index in [-0.39, 0.29) is 82.3 Å². The van der Waals surface area contributed by atoms with Crippen LogP contribution in [0.3, 0.4) is 0 Å². The number of urea groups is 1. The number of hydrogen-bond acceptors (Lipinski definition) is 9. The Morgan fingerprint density at radius 3 is 1.45 bits per heavy atom. The van der Waals surface area contributed by atoms with Gasteiger partial charge < -0.3 is 57.4 Å². The molecule has 20 nitrogen and oxygen atoms in total. The monoisotopic (exact) mass is 920 g/mol. The predicted molar refractivity (Wildman–Crippen MR) is 241 cm³/mol. The Bertz CT molecular complexity index is 1910. The molecule has 360 valence electrons. The fourth-order valence-electron chi connectivity index (χ4n) is 6.57. The van der Waals surface area contributed by atoms with Gasteiger partial charge in [0.05, 0.1) is 6.42 Å². The molecule has 0 aliphatic carbocycles. The molecule has 0 saturated heterocycles. The highest BCUT2D eigenvalue weighted by molar-refractivity contribution is 5.92. The van der Waals surface area contributed by atoms with Crippen molar-refractivity contribution in [2.45, 2.75) is 127 Å². The van der Waals surface area contributed by atoms with E-state index in [9.17, 15) is 53.4 Å². The molecule has 2 aromatic carbocycles. The Morgan fingerprint density at radius 1 is 0.470 bits per heavy atom. The van der Waals surface area contributed by atoms with Crippen molar-refractivity contribution in [1.29, 1.82) is 0 Å².